The summed E-state index contributed by atoms with van der Waals surface area (Å²) in [5.41, 5.74) is 0. The highest BCUT2D eigenvalue weighted by Gasteiger charge is 2.43. The fraction of sp³-hybridized carbons (Fsp3) is 1.00. The van der Waals surface area contributed by atoms with Gasteiger partial charge in [0.1, 0.15) is 0 Å². The summed E-state index contributed by atoms with van der Waals surface area (Å²) in [6.07, 6.45) is 4.42. The van der Waals surface area contributed by atoms with E-state index in [1.54, 1.807) is 0 Å². The van der Waals surface area contributed by atoms with Crippen molar-refractivity contribution < 1.29 is 9.47 Å². The van der Waals surface area contributed by atoms with Crippen molar-refractivity contribution in [1.29, 1.82) is 0 Å². The molecule has 0 N–H and O–H groups in total. The molecular weight excluding hydrogens is 196 g/mol. The van der Waals surface area contributed by atoms with Gasteiger partial charge in [0, 0.05) is 6.42 Å². The maximum Gasteiger partial charge on any atom is 0.180 e. The van der Waals surface area contributed by atoms with Crippen LogP contribution in [0.2, 0.25) is 0 Å². The van der Waals surface area contributed by atoms with Gasteiger partial charge in [0.25, 0.3) is 0 Å². The largest absolute Gasteiger partial charge is 0.346 e. The Labute approximate surface area is 92.8 Å². The lowest BCUT2D eigenvalue weighted by atomic mass is 10.0. The number of hydrogen-bond acceptors (Lipinski definition) is 3. The van der Waals surface area contributed by atoms with Gasteiger partial charge in [0.15, 0.2) is 5.79 Å². The van der Waals surface area contributed by atoms with Gasteiger partial charge in [-0.25, -0.2) is 0 Å². The van der Waals surface area contributed by atoms with Crippen molar-refractivity contribution in [1.82, 2.24) is 0 Å². The highest BCUT2D eigenvalue weighted by molar-refractivity contribution is 7.81. The van der Waals surface area contributed by atoms with Crippen molar-refractivity contribution in [3.8, 4) is 0 Å². The summed E-state index contributed by atoms with van der Waals surface area (Å²) in [6.45, 7) is 7.09. The number of hydrogen-bond donors (Lipinski definition) is 1. The molecule has 0 aromatic carbocycles. The minimum absolute atomic E-state index is 0.206. The van der Waals surface area contributed by atoms with E-state index < -0.39 is 5.79 Å². The number of rotatable bonds is 5. The molecule has 3 heteroatoms. The van der Waals surface area contributed by atoms with Gasteiger partial charge in [-0.3, -0.25) is 0 Å². The van der Waals surface area contributed by atoms with E-state index in [2.05, 4.69) is 33.4 Å². The molecule has 1 rings (SSSR count). The quantitative estimate of drug-likeness (QED) is 0.715. The van der Waals surface area contributed by atoms with Crippen molar-refractivity contribution in [3.05, 3.63) is 0 Å². The van der Waals surface area contributed by atoms with Crippen LogP contribution >= 0.6 is 12.6 Å². The third-order valence-corrected chi connectivity index (χ3v) is 3.28. The fourth-order valence-corrected chi connectivity index (χ4v) is 2.50. The van der Waals surface area contributed by atoms with Crippen molar-refractivity contribution in [2.24, 2.45) is 0 Å². The number of ether oxygens (including phenoxy) is 2. The highest BCUT2D eigenvalue weighted by Crippen LogP contribution is 2.36. The lowest BCUT2D eigenvalue weighted by Gasteiger charge is -2.33. The first-order chi connectivity index (χ1) is 6.64. The summed E-state index contributed by atoms with van der Waals surface area (Å²) in [6, 6.07) is 0. The molecule has 2 nitrogen and oxygen atoms in total. The lowest BCUT2D eigenvalue weighted by molar-refractivity contribution is -0.171. The van der Waals surface area contributed by atoms with E-state index in [1.807, 2.05) is 0 Å². The average Bonchev–Trinajstić information content (AvgIpc) is 2.50. The van der Waals surface area contributed by atoms with Crippen LogP contribution in [0.3, 0.4) is 0 Å². The Hall–Kier alpha value is 0.270. The summed E-state index contributed by atoms with van der Waals surface area (Å²) >= 11 is 4.62. The first kappa shape index (κ1) is 12.3. The van der Waals surface area contributed by atoms with Gasteiger partial charge in [-0.05, 0) is 13.3 Å². The van der Waals surface area contributed by atoms with Crippen LogP contribution in [0.1, 0.15) is 46.5 Å². The summed E-state index contributed by atoms with van der Waals surface area (Å²) < 4.78 is 11.7. The Morgan fingerprint density at radius 3 is 2.57 bits per heavy atom. The minimum Gasteiger partial charge on any atom is -0.346 e. The molecule has 3 unspecified atom stereocenters. The third-order valence-electron chi connectivity index (χ3n) is 2.63. The zero-order chi connectivity index (χ0) is 10.6. The molecule has 0 aromatic rings. The average molecular weight is 218 g/mol. The molecule has 0 bridgehead atoms. The van der Waals surface area contributed by atoms with Crippen molar-refractivity contribution in [2.45, 2.75) is 63.6 Å². The highest BCUT2D eigenvalue weighted by atomic mass is 32.1. The maximum atomic E-state index is 5.91. The van der Waals surface area contributed by atoms with E-state index in [0.717, 1.165) is 25.7 Å². The SMILES string of the molecule is CCCC(S)C1(CCC)OCC(C)O1. The summed E-state index contributed by atoms with van der Waals surface area (Å²) in [5.74, 6) is -0.409. The summed E-state index contributed by atoms with van der Waals surface area (Å²) in [7, 11) is 0. The maximum absolute atomic E-state index is 5.91. The molecule has 0 amide bonds. The van der Waals surface area contributed by atoms with Crippen molar-refractivity contribution >= 4 is 12.6 Å². The predicted molar refractivity (Wildman–Crippen MR) is 61.8 cm³/mol. The van der Waals surface area contributed by atoms with Crippen LogP contribution in [0.25, 0.3) is 0 Å². The van der Waals surface area contributed by atoms with Crippen LogP contribution in [0.15, 0.2) is 0 Å². The molecule has 0 aliphatic carbocycles. The standard InChI is InChI=1S/C11H22O2S/c1-4-6-10(14)11(7-5-2)12-8-9(3)13-11/h9-10,14H,4-8H2,1-3H3. The van der Waals surface area contributed by atoms with Crippen molar-refractivity contribution in [2.75, 3.05) is 6.61 Å². The predicted octanol–water partition coefficient (Wildman–Crippen LogP) is 3.02. The van der Waals surface area contributed by atoms with E-state index in [-0.39, 0.29) is 11.4 Å². The topological polar surface area (TPSA) is 18.5 Å². The molecule has 0 saturated carbocycles. The normalized spacial score (nSPS) is 34.7. The van der Waals surface area contributed by atoms with E-state index in [1.165, 1.54) is 0 Å². The zero-order valence-electron chi connectivity index (χ0n) is 9.45. The molecule has 1 aliphatic heterocycles. The fourth-order valence-electron chi connectivity index (χ4n) is 1.98. The van der Waals surface area contributed by atoms with E-state index >= 15 is 0 Å². The molecule has 1 fully saturated rings. The Morgan fingerprint density at radius 2 is 2.14 bits per heavy atom. The Morgan fingerprint density at radius 1 is 1.43 bits per heavy atom. The molecule has 84 valence electrons. The molecule has 0 spiro atoms. The summed E-state index contributed by atoms with van der Waals surface area (Å²) in [5, 5.41) is 0.206. The van der Waals surface area contributed by atoms with Crippen LogP contribution in [0, 0.1) is 0 Å². The van der Waals surface area contributed by atoms with Crippen LogP contribution < -0.4 is 0 Å². The van der Waals surface area contributed by atoms with Crippen LogP contribution in [-0.4, -0.2) is 23.7 Å². The minimum atomic E-state index is -0.409. The van der Waals surface area contributed by atoms with Gasteiger partial charge in [0.05, 0.1) is 18.0 Å². The van der Waals surface area contributed by atoms with Gasteiger partial charge in [-0.15, -0.1) is 0 Å². The molecule has 1 saturated heterocycles. The van der Waals surface area contributed by atoms with Crippen LogP contribution in [-0.2, 0) is 9.47 Å². The van der Waals surface area contributed by atoms with Gasteiger partial charge in [-0.1, -0.05) is 26.7 Å². The Balaban J connectivity index is 2.61. The van der Waals surface area contributed by atoms with Gasteiger partial charge in [0.2, 0.25) is 0 Å². The molecule has 1 aliphatic rings. The van der Waals surface area contributed by atoms with Gasteiger partial charge < -0.3 is 9.47 Å². The van der Waals surface area contributed by atoms with E-state index in [4.69, 9.17) is 9.47 Å². The molecular formula is C11H22O2S. The van der Waals surface area contributed by atoms with Gasteiger partial charge in [-0.2, -0.15) is 12.6 Å². The third kappa shape index (κ3) is 2.65. The molecule has 14 heavy (non-hydrogen) atoms. The zero-order valence-corrected chi connectivity index (χ0v) is 10.3. The first-order valence-electron chi connectivity index (χ1n) is 5.64. The number of thiol groups is 1. The van der Waals surface area contributed by atoms with E-state index in [0.29, 0.717) is 6.61 Å². The second-order valence-corrected chi connectivity index (χ2v) is 4.73. The van der Waals surface area contributed by atoms with Crippen molar-refractivity contribution in [3.63, 3.8) is 0 Å². The summed E-state index contributed by atoms with van der Waals surface area (Å²) in [4.78, 5) is 0. The Bertz CT molecular complexity index is 171. The molecule has 1 heterocycles. The Kier molecular flexibility index (Phi) is 4.74. The first-order valence-corrected chi connectivity index (χ1v) is 6.16. The van der Waals surface area contributed by atoms with Crippen LogP contribution in [0.5, 0.6) is 0 Å². The molecule has 0 radical (unpaired) electrons. The monoisotopic (exact) mass is 218 g/mol. The lowest BCUT2D eigenvalue weighted by Crippen LogP contribution is -2.40. The van der Waals surface area contributed by atoms with Crippen LogP contribution in [0.4, 0.5) is 0 Å². The smallest absolute Gasteiger partial charge is 0.180 e. The second-order valence-electron chi connectivity index (χ2n) is 4.11. The second kappa shape index (κ2) is 5.38. The molecule has 0 aromatic heterocycles. The molecule has 3 atom stereocenters. The van der Waals surface area contributed by atoms with Gasteiger partial charge >= 0.3 is 0 Å². The van der Waals surface area contributed by atoms with E-state index in [9.17, 15) is 0 Å².